The Labute approximate surface area is 235 Å². The Balaban J connectivity index is 1.35. The number of benzene rings is 5. The molecule has 186 valence electrons. The molecule has 0 atom stereocenters. The van der Waals surface area contributed by atoms with Crippen molar-refractivity contribution >= 4 is 26.8 Å². The lowest BCUT2D eigenvalue weighted by atomic mass is 9.99. The molecule has 0 aliphatic rings. The van der Waals surface area contributed by atoms with E-state index in [2.05, 4.69) is 135 Å². The Morgan fingerprint density at radius 1 is 0.538 bits per heavy atom. The van der Waals surface area contributed by atoms with Gasteiger partial charge in [0.05, 0.1) is 11.4 Å². The van der Waals surface area contributed by atoms with E-state index in [1.165, 1.54) is 22.3 Å². The number of imidazole rings is 1. The minimum absolute atomic E-state index is 0.837. The standard InChI is InChI=1S/C35H24BrN3/c36-29-19-20-32-30(21-29)31(22-37-32)35-38-33(27-15-11-25(12-16-27)23-7-3-1-4-8-23)34(39-35)28-17-13-26(14-18-28)24-9-5-2-6-10-24/h1-22,37H,(H,38,39). The summed E-state index contributed by atoms with van der Waals surface area (Å²) >= 11 is 3.62. The highest BCUT2D eigenvalue weighted by molar-refractivity contribution is 9.10. The third-order valence-electron chi connectivity index (χ3n) is 7.15. The first kappa shape index (κ1) is 23.4. The molecule has 0 aliphatic heterocycles. The van der Waals surface area contributed by atoms with Crippen molar-refractivity contribution < 1.29 is 0 Å². The molecule has 0 bridgehead atoms. The van der Waals surface area contributed by atoms with Crippen LogP contribution in [0.5, 0.6) is 0 Å². The second-order valence-corrected chi connectivity index (χ2v) is 10.5. The lowest BCUT2D eigenvalue weighted by molar-refractivity contribution is 1.31. The molecule has 5 aromatic carbocycles. The highest BCUT2D eigenvalue weighted by atomic mass is 79.9. The van der Waals surface area contributed by atoms with E-state index in [-0.39, 0.29) is 0 Å². The van der Waals surface area contributed by atoms with Crippen LogP contribution in [-0.2, 0) is 0 Å². The van der Waals surface area contributed by atoms with E-state index in [0.29, 0.717) is 0 Å². The van der Waals surface area contributed by atoms with Gasteiger partial charge in [0.15, 0.2) is 0 Å². The van der Waals surface area contributed by atoms with E-state index >= 15 is 0 Å². The van der Waals surface area contributed by atoms with Crippen molar-refractivity contribution in [1.29, 1.82) is 0 Å². The van der Waals surface area contributed by atoms with Crippen LogP contribution in [0.3, 0.4) is 0 Å². The molecular formula is C35H24BrN3. The van der Waals surface area contributed by atoms with Gasteiger partial charge < -0.3 is 9.97 Å². The van der Waals surface area contributed by atoms with Crippen LogP contribution in [0.15, 0.2) is 138 Å². The SMILES string of the molecule is Brc1ccc2[nH]cc(-c3nc(-c4ccc(-c5ccccc5)cc4)c(-c4ccc(-c5ccccc5)cc4)[nH]3)c2c1. The zero-order valence-corrected chi connectivity index (χ0v) is 22.6. The fourth-order valence-electron chi connectivity index (χ4n) is 5.12. The van der Waals surface area contributed by atoms with Gasteiger partial charge in [-0.3, -0.25) is 0 Å². The minimum atomic E-state index is 0.837. The normalized spacial score (nSPS) is 11.2. The Morgan fingerprint density at radius 3 is 1.69 bits per heavy atom. The number of aromatic amines is 2. The molecule has 0 amide bonds. The number of fused-ring (bicyclic) bond motifs is 1. The van der Waals surface area contributed by atoms with Crippen molar-refractivity contribution in [2.45, 2.75) is 0 Å². The summed E-state index contributed by atoms with van der Waals surface area (Å²) in [5, 5.41) is 1.12. The van der Waals surface area contributed by atoms with E-state index in [9.17, 15) is 0 Å². The summed E-state index contributed by atoms with van der Waals surface area (Å²) in [5.74, 6) is 0.837. The molecule has 2 aromatic heterocycles. The maximum Gasteiger partial charge on any atom is 0.140 e. The average molecular weight is 567 g/mol. The lowest BCUT2D eigenvalue weighted by Crippen LogP contribution is -1.85. The summed E-state index contributed by atoms with van der Waals surface area (Å²) < 4.78 is 1.04. The molecule has 7 aromatic rings. The van der Waals surface area contributed by atoms with Crippen LogP contribution >= 0.6 is 15.9 Å². The highest BCUT2D eigenvalue weighted by Gasteiger charge is 2.18. The van der Waals surface area contributed by atoms with E-state index < -0.39 is 0 Å². The fraction of sp³-hybridized carbons (Fsp3) is 0. The first-order valence-corrected chi connectivity index (χ1v) is 13.7. The van der Waals surface area contributed by atoms with Gasteiger partial charge in [0, 0.05) is 38.3 Å². The average Bonchev–Trinajstić information content (AvgIpc) is 3.63. The topological polar surface area (TPSA) is 44.5 Å². The van der Waals surface area contributed by atoms with Crippen molar-refractivity contribution in [2.24, 2.45) is 0 Å². The van der Waals surface area contributed by atoms with Crippen LogP contribution in [0.1, 0.15) is 0 Å². The van der Waals surface area contributed by atoms with E-state index in [1.807, 2.05) is 24.4 Å². The molecule has 4 heteroatoms. The Morgan fingerprint density at radius 2 is 1.08 bits per heavy atom. The molecule has 7 rings (SSSR count). The Kier molecular flexibility index (Phi) is 5.95. The molecule has 0 saturated carbocycles. The molecule has 2 heterocycles. The van der Waals surface area contributed by atoms with Crippen LogP contribution in [0.2, 0.25) is 0 Å². The van der Waals surface area contributed by atoms with Crippen molar-refractivity contribution in [3.8, 4) is 56.2 Å². The maximum atomic E-state index is 5.17. The largest absolute Gasteiger partial charge is 0.360 e. The second kappa shape index (κ2) is 9.90. The summed E-state index contributed by atoms with van der Waals surface area (Å²) in [7, 11) is 0. The number of hydrogen-bond donors (Lipinski definition) is 2. The number of rotatable bonds is 5. The smallest absolute Gasteiger partial charge is 0.140 e. The first-order valence-electron chi connectivity index (χ1n) is 12.9. The molecule has 0 fully saturated rings. The molecule has 3 nitrogen and oxygen atoms in total. The number of hydrogen-bond acceptors (Lipinski definition) is 1. The minimum Gasteiger partial charge on any atom is -0.360 e. The number of nitrogens with one attached hydrogen (secondary N) is 2. The van der Waals surface area contributed by atoms with Gasteiger partial charge in [0.25, 0.3) is 0 Å². The van der Waals surface area contributed by atoms with Gasteiger partial charge in [-0.1, -0.05) is 125 Å². The molecule has 0 unspecified atom stereocenters. The number of H-pyrrole nitrogens is 2. The van der Waals surface area contributed by atoms with Gasteiger partial charge in [-0.15, -0.1) is 0 Å². The number of aromatic nitrogens is 3. The summed E-state index contributed by atoms with van der Waals surface area (Å²) in [6, 6.07) is 44.5. The van der Waals surface area contributed by atoms with Gasteiger partial charge in [-0.25, -0.2) is 4.98 Å². The summed E-state index contributed by atoms with van der Waals surface area (Å²) in [4.78, 5) is 12.2. The summed E-state index contributed by atoms with van der Waals surface area (Å²) in [5.41, 5.74) is 11.0. The van der Waals surface area contributed by atoms with Crippen LogP contribution in [0.25, 0.3) is 67.1 Å². The Hall–Kier alpha value is -4.67. The predicted octanol–water partition coefficient (Wildman–Crippen LogP) is 9.99. The predicted molar refractivity (Wildman–Crippen MR) is 165 cm³/mol. The second-order valence-electron chi connectivity index (χ2n) is 9.59. The van der Waals surface area contributed by atoms with E-state index in [0.717, 1.165) is 49.3 Å². The third kappa shape index (κ3) is 4.49. The molecule has 0 radical (unpaired) electrons. The third-order valence-corrected chi connectivity index (χ3v) is 7.64. The zero-order chi connectivity index (χ0) is 26.2. The van der Waals surface area contributed by atoms with Crippen molar-refractivity contribution in [3.05, 3.63) is 138 Å². The lowest BCUT2D eigenvalue weighted by Gasteiger charge is -2.07. The van der Waals surface area contributed by atoms with Crippen LogP contribution in [0.4, 0.5) is 0 Å². The summed E-state index contributed by atoms with van der Waals surface area (Å²) in [6.07, 6.45) is 2.03. The van der Waals surface area contributed by atoms with Crippen molar-refractivity contribution in [3.63, 3.8) is 0 Å². The van der Waals surface area contributed by atoms with Crippen LogP contribution in [-0.4, -0.2) is 15.0 Å². The maximum absolute atomic E-state index is 5.17. The number of nitrogens with zero attached hydrogens (tertiary/aromatic N) is 1. The molecule has 0 aliphatic carbocycles. The van der Waals surface area contributed by atoms with Gasteiger partial charge >= 0.3 is 0 Å². The van der Waals surface area contributed by atoms with Crippen molar-refractivity contribution in [2.75, 3.05) is 0 Å². The number of halogens is 1. The molecular weight excluding hydrogens is 542 g/mol. The van der Waals surface area contributed by atoms with Gasteiger partial charge in [-0.2, -0.15) is 0 Å². The monoisotopic (exact) mass is 565 g/mol. The van der Waals surface area contributed by atoms with Gasteiger partial charge in [0.1, 0.15) is 5.82 Å². The van der Waals surface area contributed by atoms with Gasteiger partial charge in [-0.05, 0) is 40.5 Å². The highest BCUT2D eigenvalue weighted by Crippen LogP contribution is 2.37. The van der Waals surface area contributed by atoms with E-state index in [4.69, 9.17) is 4.98 Å². The zero-order valence-electron chi connectivity index (χ0n) is 21.0. The molecule has 0 spiro atoms. The molecule has 39 heavy (non-hydrogen) atoms. The van der Waals surface area contributed by atoms with Crippen molar-refractivity contribution in [1.82, 2.24) is 15.0 Å². The quantitative estimate of drug-likeness (QED) is 0.214. The Bertz CT molecular complexity index is 1780. The first-order chi connectivity index (χ1) is 19.2. The molecule has 0 saturated heterocycles. The van der Waals surface area contributed by atoms with Crippen LogP contribution in [0, 0.1) is 0 Å². The van der Waals surface area contributed by atoms with E-state index in [1.54, 1.807) is 0 Å². The van der Waals surface area contributed by atoms with Crippen LogP contribution < -0.4 is 0 Å². The fourth-order valence-corrected chi connectivity index (χ4v) is 5.48. The van der Waals surface area contributed by atoms with Gasteiger partial charge in [0.2, 0.25) is 0 Å². The molecule has 2 N–H and O–H groups in total. The summed E-state index contributed by atoms with van der Waals surface area (Å²) in [6.45, 7) is 0.